The van der Waals surface area contributed by atoms with Crippen LogP contribution in [-0.2, 0) is 11.8 Å². The van der Waals surface area contributed by atoms with Gasteiger partial charge in [0.1, 0.15) is 13.8 Å². The summed E-state index contributed by atoms with van der Waals surface area (Å²) in [7, 11) is -0.0855. The average Bonchev–Trinajstić information content (AvgIpc) is 3.11. The largest absolute Gasteiger partial charge is 0.497 e. The van der Waals surface area contributed by atoms with Crippen molar-refractivity contribution in [2.45, 2.75) is 65.5 Å². The maximum Gasteiger partial charge on any atom is 0.123 e. The molecule has 0 heterocycles. The Hall–Kier alpha value is -1.80. The van der Waals surface area contributed by atoms with Gasteiger partial charge in [0.05, 0.1) is 7.11 Å². The Labute approximate surface area is 166 Å². The fourth-order valence-electron chi connectivity index (χ4n) is 4.77. The van der Waals surface area contributed by atoms with Crippen molar-refractivity contribution in [1.29, 1.82) is 0 Å². The number of allylic oxidation sites excluding steroid dienone is 1. The Morgan fingerprint density at radius 1 is 1.04 bits per heavy atom. The first-order chi connectivity index (χ1) is 12.8. The number of methoxy groups -OCH3 is 1. The fourth-order valence-corrected chi connectivity index (χ4v) is 9.44. The molecule has 27 heavy (non-hydrogen) atoms. The van der Waals surface area contributed by atoms with Crippen molar-refractivity contribution < 1.29 is 4.74 Å². The number of rotatable bonds is 5. The van der Waals surface area contributed by atoms with E-state index in [-0.39, 0.29) is 5.41 Å². The molecule has 3 rings (SSSR count). The molecule has 0 saturated heterocycles. The number of hydrogen-bond acceptors (Lipinski definition) is 1. The smallest absolute Gasteiger partial charge is 0.123 e. The minimum atomic E-state index is -1.94. The SMILES string of the molecule is CC[Si](CC)(c1cccc2c1C=CC2)c1cc(C)cc(C(C)(C)C)c1OC. The van der Waals surface area contributed by atoms with Crippen molar-refractivity contribution >= 4 is 24.5 Å². The maximum absolute atomic E-state index is 6.13. The Balaban J connectivity index is 2.36. The van der Waals surface area contributed by atoms with Crippen LogP contribution in [0, 0.1) is 6.92 Å². The van der Waals surface area contributed by atoms with Gasteiger partial charge in [-0.2, -0.15) is 0 Å². The normalized spacial score (nSPS) is 13.7. The highest BCUT2D eigenvalue weighted by Crippen LogP contribution is 2.34. The molecular weight excluding hydrogens is 344 g/mol. The van der Waals surface area contributed by atoms with Crippen LogP contribution in [0.5, 0.6) is 5.75 Å². The molecule has 2 aromatic rings. The van der Waals surface area contributed by atoms with Crippen LogP contribution in [0.15, 0.2) is 36.4 Å². The quantitative estimate of drug-likeness (QED) is 0.627. The van der Waals surface area contributed by atoms with Crippen molar-refractivity contribution in [2.24, 2.45) is 0 Å². The van der Waals surface area contributed by atoms with Crippen LogP contribution >= 0.6 is 0 Å². The van der Waals surface area contributed by atoms with Gasteiger partial charge in [-0.15, -0.1) is 0 Å². The molecule has 0 saturated carbocycles. The third-order valence-corrected chi connectivity index (χ3v) is 11.6. The van der Waals surface area contributed by atoms with E-state index in [1.54, 1.807) is 5.19 Å². The Morgan fingerprint density at radius 2 is 1.74 bits per heavy atom. The van der Waals surface area contributed by atoms with Gasteiger partial charge >= 0.3 is 0 Å². The van der Waals surface area contributed by atoms with Gasteiger partial charge in [-0.3, -0.25) is 0 Å². The Bertz CT molecular complexity index is 867. The lowest BCUT2D eigenvalue weighted by atomic mass is 9.85. The molecule has 1 aliphatic rings. The first kappa shape index (κ1) is 19.9. The van der Waals surface area contributed by atoms with E-state index in [4.69, 9.17) is 4.74 Å². The van der Waals surface area contributed by atoms with Gasteiger partial charge in [0, 0.05) is 0 Å². The van der Waals surface area contributed by atoms with E-state index in [0.29, 0.717) is 0 Å². The monoisotopic (exact) mass is 378 g/mol. The molecule has 1 aliphatic carbocycles. The molecule has 144 valence electrons. The first-order valence-corrected chi connectivity index (χ1v) is 12.7. The van der Waals surface area contributed by atoms with Gasteiger partial charge in [-0.05, 0) is 45.8 Å². The summed E-state index contributed by atoms with van der Waals surface area (Å²) in [6.45, 7) is 13.9. The predicted octanol–water partition coefficient (Wildman–Crippen LogP) is 5.47. The molecule has 0 unspecified atom stereocenters. The molecule has 2 aromatic carbocycles. The van der Waals surface area contributed by atoms with Gasteiger partial charge in [-0.25, -0.2) is 0 Å². The second-order valence-electron chi connectivity index (χ2n) is 8.92. The summed E-state index contributed by atoms with van der Waals surface area (Å²) in [5, 5.41) is 3.07. The predicted molar refractivity (Wildman–Crippen MR) is 122 cm³/mol. The Kier molecular flexibility index (Phi) is 5.40. The summed E-state index contributed by atoms with van der Waals surface area (Å²) in [5.74, 6) is 1.13. The summed E-state index contributed by atoms with van der Waals surface area (Å²) < 4.78 is 6.13. The molecule has 0 aromatic heterocycles. The fraction of sp³-hybridized carbons (Fsp3) is 0.440. The van der Waals surface area contributed by atoms with Crippen LogP contribution in [0.25, 0.3) is 6.08 Å². The van der Waals surface area contributed by atoms with Crippen molar-refractivity contribution in [2.75, 3.05) is 7.11 Å². The van der Waals surface area contributed by atoms with Gasteiger partial charge in [-0.1, -0.05) is 94.8 Å². The van der Waals surface area contributed by atoms with E-state index in [1.165, 1.54) is 39.5 Å². The van der Waals surface area contributed by atoms with Crippen LogP contribution in [0.1, 0.15) is 56.9 Å². The van der Waals surface area contributed by atoms with Gasteiger partial charge in [0.25, 0.3) is 0 Å². The minimum absolute atomic E-state index is 0.0618. The zero-order valence-electron chi connectivity index (χ0n) is 18.1. The van der Waals surface area contributed by atoms with Crippen molar-refractivity contribution in [3.63, 3.8) is 0 Å². The van der Waals surface area contributed by atoms with E-state index in [2.05, 4.69) is 84.0 Å². The van der Waals surface area contributed by atoms with Gasteiger partial charge in [0.2, 0.25) is 0 Å². The summed E-state index contributed by atoms with van der Waals surface area (Å²) in [6.07, 6.45) is 5.73. The lowest BCUT2D eigenvalue weighted by molar-refractivity contribution is 0.400. The average molecular weight is 379 g/mol. The molecule has 0 spiro atoms. The molecular formula is C25H34OSi. The highest BCUT2D eigenvalue weighted by Gasteiger charge is 2.40. The van der Waals surface area contributed by atoms with Gasteiger partial charge < -0.3 is 4.74 Å². The second-order valence-corrected chi connectivity index (χ2v) is 13.6. The third-order valence-electron chi connectivity index (χ3n) is 6.30. The number of hydrogen-bond donors (Lipinski definition) is 0. The molecule has 0 N–H and O–H groups in total. The van der Waals surface area contributed by atoms with Crippen LogP contribution in [-0.4, -0.2) is 15.2 Å². The Morgan fingerprint density at radius 3 is 2.33 bits per heavy atom. The topological polar surface area (TPSA) is 9.23 Å². The summed E-state index contributed by atoms with van der Waals surface area (Å²) in [6, 6.07) is 14.1. The van der Waals surface area contributed by atoms with Crippen LogP contribution in [0.2, 0.25) is 12.1 Å². The van der Waals surface area contributed by atoms with Crippen molar-refractivity contribution in [3.8, 4) is 5.75 Å². The third kappa shape index (κ3) is 3.29. The molecule has 2 heteroatoms. The van der Waals surface area contributed by atoms with E-state index in [9.17, 15) is 0 Å². The molecule has 0 fully saturated rings. The highest BCUT2D eigenvalue weighted by molar-refractivity contribution is 7.03. The van der Waals surface area contributed by atoms with Crippen LogP contribution in [0.4, 0.5) is 0 Å². The molecule has 1 nitrogen and oxygen atoms in total. The highest BCUT2D eigenvalue weighted by atomic mass is 28.3. The molecule has 0 aliphatic heterocycles. The molecule has 0 atom stereocenters. The number of benzene rings is 2. The lowest BCUT2D eigenvalue weighted by Crippen LogP contribution is -2.59. The van der Waals surface area contributed by atoms with E-state index in [1.807, 2.05) is 7.11 Å². The lowest BCUT2D eigenvalue weighted by Gasteiger charge is -2.36. The second kappa shape index (κ2) is 7.31. The van der Waals surface area contributed by atoms with E-state index < -0.39 is 8.07 Å². The van der Waals surface area contributed by atoms with Gasteiger partial charge in [0.15, 0.2) is 0 Å². The minimum Gasteiger partial charge on any atom is -0.497 e. The van der Waals surface area contributed by atoms with Crippen molar-refractivity contribution in [3.05, 3.63) is 58.7 Å². The number of aryl methyl sites for hydroxylation is 1. The maximum atomic E-state index is 6.13. The number of ether oxygens (including phenoxy) is 1. The van der Waals surface area contributed by atoms with E-state index >= 15 is 0 Å². The summed E-state index contributed by atoms with van der Waals surface area (Å²) in [4.78, 5) is 0. The first-order valence-electron chi connectivity index (χ1n) is 10.3. The summed E-state index contributed by atoms with van der Waals surface area (Å²) in [5.41, 5.74) is 5.70. The molecule has 0 amide bonds. The number of fused-ring (bicyclic) bond motifs is 1. The molecule has 0 radical (unpaired) electrons. The zero-order chi connectivity index (χ0) is 19.8. The standard InChI is InChI=1S/C25H34OSi/c1-8-27(9-2,22-15-11-13-19-12-10-14-20(19)22)23-17-18(3)16-21(24(23)26-7)25(4,5)6/h10-11,13-17H,8-9,12H2,1-7H3. The van der Waals surface area contributed by atoms with Crippen molar-refractivity contribution in [1.82, 2.24) is 0 Å². The van der Waals surface area contributed by atoms with E-state index in [0.717, 1.165) is 12.2 Å². The summed E-state index contributed by atoms with van der Waals surface area (Å²) >= 11 is 0. The van der Waals surface area contributed by atoms with Crippen LogP contribution in [0.3, 0.4) is 0 Å². The molecule has 0 bridgehead atoms. The van der Waals surface area contributed by atoms with Crippen LogP contribution < -0.4 is 15.1 Å². The zero-order valence-corrected chi connectivity index (χ0v) is 19.1.